The van der Waals surface area contributed by atoms with E-state index in [-0.39, 0.29) is 5.56 Å². The molecule has 5 heteroatoms. The van der Waals surface area contributed by atoms with Crippen LogP contribution in [-0.4, -0.2) is 12.7 Å². The second-order valence-electron chi connectivity index (χ2n) is 4.67. The highest BCUT2D eigenvalue weighted by Crippen LogP contribution is 2.37. The van der Waals surface area contributed by atoms with Crippen molar-refractivity contribution < 1.29 is 13.5 Å². The van der Waals surface area contributed by atoms with Gasteiger partial charge in [-0.3, -0.25) is 5.84 Å². The van der Waals surface area contributed by atoms with E-state index in [4.69, 9.17) is 10.6 Å². The smallest absolute Gasteiger partial charge is 0.133 e. The molecular weight excluding hydrogens is 250 g/mol. The fraction of sp³-hybridized carbons (Fsp3) is 0.571. The fourth-order valence-corrected chi connectivity index (χ4v) is 2.51. The minimum Gasteiger partial charge on any atom is -0.376 e. The van der Waals surface area contributed by atoms with Crippen molar-refractivity contribution in [3.63, 3.8) is 0 Å². The number of methoxy groups -OCH3 is 1. The first kappa shape index (κ1) is 16.0. The standard InChI is InChI=1S/C14H22F2N2O/c1-5-14(6-2,19-4)13(18-17)11-10(15)8-7-9(3)12(11)16/h7-8,13,18H,5-6,17H2,1-4H3. The van der Waals surface area contributed by atoms with Gasteiger partial charge in [0.2, 0.25) is 0 Å². The summed E-state index contributed by atoms with van der Waals surface area (Å²) < 4.78 is 33.8. The molecule has 0 aliphatic carbocycles. The molecule has 1 atom stereocenters. The predicted octanol–water partition coefficient (Wildman–Crippen LogP) is 2.98. The Morgan fingerprint density at radius 3 is 2.32 bits per heavy atom. The zero-order valence-corrected chi connectivity index (χ0v) is 11.9. The molecule has 0 radical (unpaired) electrons. The molecule has 0 amide bonds. The molecule has 0 spiro atoms. The van der Waals surface area contributed by atoms with Crippen LogP contribution >= 0.6 is 0 Å². The van der Waals surface area contributed by atoms with Gasteiger partial charge in [-0.25, -0.2) is 14.2 Å². The maximum Gasteiger partial charge on any atom is 0.133 e. The number of halogens is 2. The molecule has 3 nitrogen and oxygen atoms in total. The van der Waals surface area contributed by atoms with Crippen LogP contribution in [-0.2, 0) is 4.74 Å². The van der Waals surface area contributed by atoms with Gasteiger partial charge in [-0.05, 0) is 31.4 Å². The molecule has 0 heterocycles. The van der Waals surface area contributed by atoms with Gasteiger partial charge in [0.25, 0.3) is 0 Å². The van der Waals surface area contributed by atoms with E-state index in [1.54, 1.807) is 6.92 Å². The molecule has 1 rings (SSSR count). The SMILES string of the molecule is CCC(CC)(OC)C(NN)c1c(F)ccc(C)c1F. The highest BCUT2D eigenvalue weighted by atomic mass is 19.1. The van der Waals surface area contributed by atoms with Crippen molar-refractivity contribution in [2.75, 3.05) is 7.11 Å². The average molecular weight is 272 g/mol. The Morgan fingerprint density at radius 1 is 1.32 bits per heavy atom. The molecule has 1 aromatic carbocycles. The largest absolute Gasteiger partial charge is 0.376 e. The number of rotatable bonds is 6. The number of ether oxygens (including phenoxy) is 1. The molecule has 19 heavy (non-hydrogen) atoms. The van der Waals surface area contributed by atoms with Crippen LogP contribution in [0.5, 0.6) is 0 Å². The van der Waals surface area contributed by atoms with E-state index in [1.165, 1.54) is 19.2 Å². The topological polar surface area (TPSA) is 47.3 Å². The molecule has 0 saturated carbocycles. The first-order valence-corrected chi connectivity index (χ1v) is 6.43. The molecule has 1 unspecified atom stereocenters. The van der Waals surface area contributed by atoms with Gasteiger partial charge in [-0.1, -0.05) is 19.9 Å². The molecule has 1 aromatic rings. The number of nitrogens with two attached hydrogens (primary N) is 1. The van der Waals surface area contributed by atoms with Gasteiger partial charge < -0.3 is 4.74 Å². The van der Waals surface area contributed by atoms with Gasteiger partial charge in [0.1, 0.15) is 11.6 Å². The van der Waals surface area contributed by atoms with Crippen LogP contribution in [0.25, 0.3) is 0 Å². The van der Waals surface area contributed by atoms with Crippen LogP contribution < -0.4 is 11.3 Å². The maximum absolute atomic E-state index is 14.2. The van der Waals surface area contributed by atoms with Gasteiger partial charge in [0.15, 0.2) is 0 Å². The molecule has 0 aliphatic rings. The highest BCUT2D eigenvalue weighted by molar-refractivity contribution is 5.31. The summed E-state index contributed by atoms with van der Waals surface area (Å²) in [6.45, 7) is 5.41. The van der Waals surface area contributed by atoms with Crippen molar-refractivity contribution in [3.05, 3.63) is 34.9 Å². The number of nitrogens with one attached hydrogen (secondary N) is 1. The van der Waals surface area contributed by atoms with Crippen LogP contribution in [0.1, 0.15) is 43.9 Å². The summed E-state index contributed by atoms with van der Waals surface area (Å²) in [5, 5.41) is 0. The summed E-state index contributed by atoms with van der Waals surface area (Å²) in [5.74, 6) is 4.35. The third-order valence-electron chi connectivity index (χ3n) is 3.90. The number of hydrogen-bond donors (Lipinski definition) is 2. The minimum absolute atomic E-state index is 0.0620. The van der Waals surface area contributed by atoms with Crippen LogP contribution in [0.2, 0.25) is 0 Å². The fourth-order valence-electron chi connectivity index (χ4n) is 2.51. The van der Waals surface area contributed by atoms with Gasteiger partial charge in [0, 0.05) is 12.7 Å². The van der Waals surface area contributed by atoms with E-state index in [0.717, 1.165) is 0 Å². The first-order chi connectivity index (χ1) is 8.97. The third-order valence-corrected chi connectivity index (χ3v) is 3.90. The lowest BCUT2D eigenvalue weighted by Crippen LogP contribution is -2.48. The summed E-state index contributed by atoms with van der Waals surface area (Å²) in [6.07, 6.45) is 1.17. The van der Waals surface area contributed by atoms with Crippen molar-refractivity contribution in [1.29, 1.82) is 0 Å². The van der Waals surface area contributed by atoms with Crippen molar-refractivity contribution in [2.45, 2.75) is 45.3 Å². The molecule has 0 fully saturated rings. The first-order valence-electron chi connectivity index (χ1n) is 6.43. The van der Waals surface area contributed by atoms with E-state index in [0.29, 0.717) is 18.4 Å². The molecule has 0 saturated heterocycles. The zero-order valence-electron chi connectivity index (χ0n) is 11.9. The van der Waals surface area contributed by atoms with Gasteiger partial charge in [-0.2, -0.15) is 0 Å². The van der Waals surface area contributed by atoms with Crippen molar-refractivity contribution in [2.24, 2.45) is 5.84 Å². The zero-order chi connectivity index (χ0) is 14.6. The quantitative estimate of drug-likeness (QED) is 0.618. The summed E-state index contributed by atoms with van der Waals surface area (Å²) in [7, 11) is 1.53. The molecule has 0 aromatic heterocycles. The molecular formula is C14H22F2N2O. The number of benzene rings is 1. The second-order valence-corrected chi connectivity index (χ2v) is 4.67. The Labute approximate surface area is 113 Å². The number of hydrazine groups is 1. The lowest BCUT2D eigenvalue weighted by Gasteiger charge is -2.38. The van der Waals surface area contributed by atoms with Crippen LogP contribution in [0.3, 0.4) is 0 Å². The maximum atomic E-state index is 14.2. The Balaban J connectivity index is 3.42. The Bertz CT molecular complexity index is 425. The minimum atomic E-state index is -0.746. The van der Waals surface area contributed by atoms with Crippen molar-refractivity contribution in [1.82, 2.24) is 5.43 Å². The summed E-state index contributed by atoms with van der Waals surface area (Å²) >= 11 is 0. The molecule has 3 N–H and O–H groups in total. The van der Waals surface area contributed by atoms with E-state index in [9.17, 15) is 8.78 Å². The monoisotopic (exact) mass is 272 g/mol. The Morgan fingerprint density at radius 2 is 1.89 bits per heavy atom. The van der Waals surface area contributed by atoms with Gasteiger partial charge >= 0.3 is 0 Å². The molecule has 0 aliphatic heterocycles. The van der Waals surface area contributed by atoms with Crippen molar-refractivity contribution >= 4 is 0 Å². The van der Waals surface area contributed by atoms with E-state index >= 15 is 0 Å². The highest BCUT2D eigenvalue weighted by Gasteiger charge is 2.39. The Hall–Kier alpha value is -1.04. The van der Waals surface area contributed by atoms with Crippen LogP contribution in [0.15, 0.2) is 12.1 Å². The predicted molar refractivity (Wildman–Crippen MR) is 71.5 cm³/mol. The summed E-state index contributed by atoms with van der Waals surface area (Å²) in [6, 6.07) is 1.92. The third kappa shape index (κ3) is 2.78. The summed E-state index contributed by atoms with van der Waals surface area (Å²) in [4.78, 5) is 0. The van der Waals surface area contributed by atoms with Crippen LogP contribution in [0.4, 0.5) is 8.78 Å². The van der Waals surface area contributed by atoms with E-state index < -0.39 is 23.3 Å². The van der Waals surface area contributed by atoms with Crippen molar-refractivity contribution in [3.8, 4) is 0 Å². The van der Waals surface area contributed by atoms with E-state index in [1.807, 2.05) is 13.8 Å². The number of hydrogen-bond acceptors (Lipinski definition) is 3. The van der Waals surface area contributed by atoms with E-state index in [2.05, 4.69) is 5.43 Å². The number of aryl methyl sites for hydroxylation is 1. The average Bonchev–Trinajstić information content (AvgIpc) is 2.43. The summed E-state index contributed by atoms with van der Waals surface area (Å²) in [5.41, 5.74) is 2.09. The normalized spacial score (nSPS) is 13.6. The van der Waals surface area contributed by atoms with Gasteiger partial charge in [-0.15, -0.1) is 0 Å². The van der Waals surface area contributed by atoms with Crippen LogP contribution in [0, 0.1) is 18.6 Å². The molecule has 0 bridgehead atoms. The second kappa shape index (κ2) is 6.41. The lowest BCUT2D eigenvalue weighted by atomic mass is 9.83. The molecule has 108 valence electrons. The Kier molecular flexibility index (Phi) is 5.40. The van der Waals surface area contributed by atoms with Gasteiger partial charge in [0.05, 0.1) is 11.6 Å². The lowest BCUT2D eigenvalue weighted by molar-refractivity contribution is -0.0503.